The first kappa shape index (κ1) is 16.9. The molecule has 1 heterocycles. The molecular weight excluding hydrogens is 344 g/mol. The molecule has 4 saturated carbocycles. The van der Waals surface area contributed by atoms with E-state index in [1.54, 1.807) is 18.2 Å². The maximum Gasteiger partial charge on any atom is 0.269 e. The lowest BCUT2D eigenvalue weighted by Crippen LogP contribution is -2.50. The van der Waals surface area contributed by atoms with E-state index in [1.807, 2.05) is 0 Å². The molecule has 0 saturated heterocycles. The molecule has 6 nitrogen and oxygen atoms in total. The van der Waals surface area contributed by atoms with Crippen molar-refractivity contribution in [2.75, 3.05) is 13.2 Å². The molecule has 0 spiro atoms. The summed E-state index contributed by atoms with van der Waals surface area (Å²) in [5.41, 5.74) is 5.79. The monoisotopic (exact) mass is 370 g/mol. The molecule has 2 N–H and O–H groups in total. The van der Waals surface area contributed by atoms with E-state index in [4.69, 9.17) is 9.47 Å². The van der Waals surface area contributed by atoms with Crippen molar-refractivity contribution in [1.82, 2.24) is 10.9 Å². The van der Waals surface area contributed by atoms with Gasteiger partial charge in [-0.3, -0.25) is 20.4 Å². The molecule has 0 radical (unpaired) electrons. The van der Waals surface area contributed by atoms with Gasteiger partial charge >= 0.3 is 0 Å². The van der Waals surface area contributed by atoms with Crippen molar-refractivity contribution in [2.24, 2.45) is 23.2 Å². The summed E-state index contributed by atoms with van der Waals surface area (Å²) >= 11 is 0. The normalized spacial score (nSPS) is 32.8. The number of benzene rings is 1. The fourth-order valence-corrected chi connectivity index (χ4v) is 6.27. The van der Waals surface area contributed by atoms with Crippen LogP contribution in [0.4, 0.5) is 0 Å². The van der Waals surface area contributed by atoms with E-state index < -0.39 is 0 Å². The molecule has 6 heteroatoms. The highest BCUT2D eigenvalue weighted by Gasteiger charge is 2.51. The fourth-order valence-electron chi connectivity index (χ4n) is 6.27. The van der Waals surface area contributed by atoms with Gasteiger partial charge in [0.15, 0.2) is 11.5 Å². The molecule has 0 aromatic heterocycles. The second-order valence-corrected chi connectivity index (χ2v) is 8.96. The van der Waals surface area contributed by atoms with Crippen molar-refractivity contribution < 1.29 is 19.1 Å². The van der Waals surface area contributed by atoms with E-state index in [1.165, 1.54) is 38.5 Å². The zero-order chi connectivity index (χ0) is 18.4. The Bertz CT molecular complexity index is 740. The van der Waals surface area contributed by atoms with Crippen LogP contribution in [0.3, 0.4) is 0 Å². The van der Waals surface area contributed by atoms with E-state index in [0.717, 1.165) is 17.8 Å². The lowest BCUT2D eigenvalue weighted by molar-refractivity contribution is -0.130. The number of carbonyl (C=O) groups is 2. The molecule has 2 amide bonds. The molecular formula is C21H26N2O4. The zero-order valence-corrected chi connectivity index (χ0v) is 15.5. The maximum atomic E-state index is 12.5. The molecule has 6 rings (SSSR count). The number of amides is 2. The quantitative estimate of drug-likeness (QED) is 0.802. The Morgan fingerprint density at radius 1 is 0.926 bits per heavy atom. The molecule has 144 valence electrons. The largest absolute Gasteiger partial charge is 0.486 e. The molecule has 1 aromatic rings. The number of carbonyl (C=O) groups excluding carboxylic acids is 2. The smallest absolute Gasteiger partial charge is 0.269 e. The third kappa shape index (κ3) is 3.26. The predicted molar refractivity (Wildman–Crippen MR) is 98.3 cm³/mol. The van der Waals surface area contributed by atoms with Crippen LogP contribution in [0.25, 0.3) is 0 Å². The van der Waals surface area contributed by atoms with Gasteiger partial charge in [-0.2, -0.15) is 0 Å². The first-order chi connectivity index (χ1) is 13.1. The summed E-state index contributed by atoms with van der Waals surface area (Å²) in [6.45, 7) is 0.985. The second-order valence-electron chi connectivity index (χ2n) is 8.96. The third-order valence-electron chi connectivity index (χ3n) is 6.82. The van der Waals surface area contributed by atoms with Crippen molar-refractivity contribution >= 4 is 11.8 Å². The first-order valence-electron chi connectivity index (χ1n) is 10.1. The van der Waals surface area contributed by atoms with Gasteiger partial charge in [-0.05, 0) is 79.9 Å². The summed E-state index contributed by atoms with van der Waals surface area (Å²) in [4.78, 5) is 24.9. The van der Waals surface area contributed by atoms with Crippen LogP contribution in [0, 0.1) is 23.2 Å². The van der Waals surface area contributed by atoms with Crippen LogP contribution in [0.2, 0.25) is 0 Å². The molecule has 4 aliphatic carbocycles. The molecule has 5 aliphatic rings. The molecule has 1 aliphatic heterocycles. The second kappa shape index (κ2) is 6.43. The van der Waals surface area contributed by atoms with Gasteiger partial charge in [0.25, 0.3) is 5.91 Å². The Labute approximate surface area is 159 Å². The van der Waals surface area contributed by atoms with Gasteiger partial charge in [-0.1, -0.05) is 0 Å². The molecule has 27 heavy (non-hydrogen) atoms. The predicted octanol–water partition coefficient (Wildman–Crippen LogP) is 2.83. The van der Waals surface area contributed by atoms with E-state index in [0.29, 0.717) is 36.7 Å². The number of nitrogens with one attached hydrogen (secondary N) is 2. The van der Waals surface area contributed by atoms with E-state index in [-0.39, 0.29) is 17.2 Å². The summed E-state index contributed by atoms with van der Waals surface area (Å²) in [5.74, 6) is 3.23. The molecule has 4 fully saturated rings. The Morgan fingerprint density at radius 3 is 2.22 bits per heavy atom. The maximum absolute atomic E-state index is 12.5. The standard InChI is InChI=1S/C21H26N2O4/c24-19(12-21-9-13-5-14(10-21)7-15(6-13)11-21)22-23-20(25)16-1-2-17-18(8-16)27-4-3-26-17/h1-2,8,13-15H,3-7,9-12H2,(H,22,24)(H,23,25). The number of hydrogen-bond acceptors (Lipinski definition) is 4. The first-order valence-corrected chi connectivity index (χ1v) is 10.1. The summed E-state index contributed by atoms with van der Waals surface area (Å²) in [5, 5.41) is 0. The minimum Gasteiger partial charge on any atom is -0.486 e. The van der Waals surface area contributed by atoms with Gasteiger partial charge in [0.2, 0.25) is 5.91 Å². The van der Waals surface area contributed by atoms with Gasteiger partial charge in [-0.15, -0.1) is 0 Å². The van der Waals surface area contributed by atoms with Crippen LogP contribution in [-0.2, 0) is 4.79 Å². The zero-order valence-electron chi connectivity index (χ0n) is 15.5. The number of fused-ring (bicyclic) bond motifs is 1. The molecule has 0 unspecified atom stereocenters. The van der Waals surface area contributed by atoms with Crippen LogP contribution in [0.5, 0.6) is 11.5 Å². The van der Waals surface area contributed by atoms with Crippen molar-refractivity contribution in [3.63, 3.8) is 0 Å². The van der Waals surface area contributed by atoms with Crippen LogP contribution >= 0.6 is 0 Å². The van der Waals surface area contributed by atoms with Crippen LogP contribution in [-0.4, -0.2) is 25.0 Å². The lowest BCUT2D eigenvalue weighted by Gasteiger charge is -2.56. The number of hydrazine groups is 1. The van der Waals surface area contributed by atoms with Gasteiger partial charge in [0.1, 0.15) is 13.2 Å². The van der Waals surface area contributed by atoms with E-state index in [9.17, 15) is 9.59 Å². The SMILES string of the molecule is O=C(CC12CC3CC(CC(C3)C1)C2)NNC(=O)c1ccc2c(c1)OCCO2. The van der Waals surface area contributed by atoms with Gasteiger partial charge in [-0.25, -0.2) is 0 Å². The van der Waals surface area contributed by atoms with Crippen molar-refractivity contribution in [3.05, 3.63) is 23.8 Å². The number of ether oxygens (including phenoxy) is 2. The average Bonchev–Trinajstić information content (AvgIpc) is 2.64. The Balaban J connectivity index is 1.18. The Hall–Kier alpha value is -2.24. The highest BCUT2D eigenvalue weighted by atomic mass is 16.6. The van der Waals surface area contributed by atoms with Gasteiger partial charge in [0.05, 0.1) is 0 Å². The van der Waals surface area contributed by atoms with Crippen LogP contribution in [0.15, 0.2) is 18.2 Å². The minimum absolute atomic E-state index is 0.0807. The minimum atomic E-state index is -0.342. The molecule has 0 atom stereocenters. The van der Waals surface area contributed by atoms with Gasteiger partial charge < -0.3 is 9.47 Å². The summed E-state index contributed by atoms with van der Waals surface area (Å²) in [6.07, 6.45) is 8.16. The average molecular weight is 370 g/mol. The Morgan fingerprint density at radius 2 is 1.56 bits per heavy atom. The summed E-state index contributed by atoms with van der Waals surface area (Å²) in [6, 6.07) is 5.05. The highest BCUT2D eigenvalue weighted by molar-refractivity contribution is 5.96. The molecule has 1 aromatic carbocycles. The third-order valence-corrected chi connectivity index (χ3v) is 6.82. The fraction of sp³-hybridized carbons (Fsp3) is 0.619. The summed E-state index contributed by atoms with van der Waals surface area (Å²) < 4.78 is 11.0. The van der Waals surface area contributed by atoms with Gasteiger partial charge in [0, 0.05) is 12.0 Å². The van der Waals surface area contributed by atoms with E-state index >= 15 is 0 Å². The lowest BCUT2D eigenvalue weighted by atomic mass is 9.49. The molecule has 4 bridgehead atoms. The van der Waals surface area contributed by atoms with Crippen molar-refractivity contribution in [1.29, 1.82) is 0 Å². The summed E-state index contributed by atoms with van der Waals surface area (Å²) in [7, 11) is 0. The van der Waals surface area contributed by atoms with Crippen molar-refractivity contribution in [3.8, 4) is 11.5 Å². The Kier molecular flexibility index (Phi) is 4.02. The van der Waals surface area contributed by atoms with E-state index in [2.05, 4.69) is 10.9 Å². The highest BCUT2D eigenvalue weighted by Crippen LogP contribution is 2.61. The number of rotatable bonds is 3. The van der Waals surface area contributed by atoms with Crippen LogP contribution in [0.1, 0.15) is 55.3 Å². The van der Waals surface area contributed by atoms with Crippen molar-refractivity contribution in [2.45, 2.75) is 44.9 Å². The number of hydrogen-bond donors (Lipinski definition) is 2. The topological polar surface area (TPSA) is 76.7 Å². The van der Waals surface area contributed by atoms with Crippen LogP contribution < -0.4 is 20.3 Å².